The molecule has 0 radical (unpaired) electrons. The molecule has 2 aromatic rings. The Morgan fingerprint density at radius 1 is 0.688 bits per heavy atom. The van der Waals surface area contributed by atoms with Crippen LogP contribution in [0.4, 0.5) is 20.4 Å². The number of halogens is 4. The zero-order valence-electron chi connectivity index (χ0n) is 18.6. The molecule has 2 saturated heterocycles. The highest BCUT2D eigenvalue weighted by molar-refractivity contribution is 9.10. The molecule has 0 aromatic carbocycles. The fraction of sp³-hybridized carbons (Fsp3) is 0.545. The van der Waals surface area contributed by atoms with Gasteiger partial charge in [-0.25, -0.2) is 18.7 Å². The minimum Gasteiger partial charge on any atom is -0.372 e. The van der Waals surface area contributed by atoms with Crippen molar-refractivity contribution in [2.45, 2.75) is 52.1 Å². The lowest BCUT2D eigenvalue weighted by atomic mass is 10.2. The van der Waals surface area contributed by atoms with Crippen LogP contribution in [-0.4, -0.2) is 60.6 Å². The number of pyridine rings is 2. The highest BCUT2D eigenvalue weighted by atomic mass is 79.9. The summed E-state index contributed by atoms with van der Waals surface area (Å²) >= 11 is 6.40. The van der Waals surface area contributed by atoms with Crippen molar-refractivity contribution in [2.75, 3.05) is 36.0 Å². The van der Waals surface area contributed by atoms with Crippen molar-refractivity contribution >= 4 is 43.5 Å². The molecule has 0 unspecified atom stereocenters. The third-order valence-corrected chi connectivity index (χ3v) is 5.79. The Morgan fingerprint density at radius 3 is 1.28 bits per heavy atom. The minimum absolute atomic E-state index is 0.146. The summed E-state index contributed by atoms with van der Waals surface area (Å²) in [4.78, 5) is 12.6. The van der Waals surface area contributed by atoms with Crippen molar-refractivity contribution in [3.63, 3.8) is 0 Å². The molecule has 32 heavy (non-hydrogen) atoms. The maximum Gasteiger partial charge on any atom is 0.132 e. The number of hydrogen-bond donors (Lipinski definition) is 0. The van der Waals surface area contributed by atoms with Crippen LogP contribution in [0.25, 0.3) is 0 Å². The van der Waals surface area contributed by atoms with Crippen LogP contribution in [0.3, 0.4) is 0 Å². The van der Waals surface area contributed by atoms with E-state index in [0.29, 0.717) is 20.8 Å². The first kappa shape index (κ1) is 25.3. The highest BCUT2D eigenvalue weighted by Gasteiger charge is 2.24. The third kappa shape index (κ3) is 7.33. The summed E-state index contributed by atoms with van der Waals surface area (Å²) in [6.07, 6.45) is 0.584. The van der Waals surface area contributed by atoms with Gasteiger partial charge in [-0.1, -0.05) is 0 Å². The lowest BCUT2D eigenvalue weighted by Gasteiger charge is -2.36. The molecule has 0 saturated carbocycles. The van der Waals surface area contributed by atoms with Gasteiger partial charge in [0.15, 0.2) is 0 Å². The topological polar surface area (TPSA) is 50.7 Å². The molecule has 0 bridgehead atoms. The summed E-state index contributed by atoms with van der Waals surface area (Å²) in [5.74, 6) is 0.773. The molecule has 0 N–H and O–H groups in total. The normalized spacial score (nSPS) is 25.9. The van der Waals surface area contributed by atoms with Gasteiger partial charge in [0.1, 0.15) is 32.5 Å². The number of hydrogen-bond acceptors (Lipinski definition) is 6. The van der Waals surface area contributed by atoms with Gasteiger partial charge in [-0.3, -0.25) is 0 Å². The maximum atomic E-state index is 13.2. The average Bonchev–Trinajstić information content (AvgIpc) is 2.65. The van der Waals surface area contributed by atoms with Gasteiger partial charge < -0.3 is 19.3 Å². The Hall–Kier alpha value is -1.36. The first-order chi connectivity index (χ1) is 15.1. The van der Waals surface area contributed by atoms with Gasteiger partial charge in [0, 0.05) is 50.4 Å². The molecule has 2 fully saturated rings. The lowest BCUT2D eigenvalue weighted by Crippen LogP contribution is -2.45. The first-order valence-corrected chi connectivity index (χ1v) is 12.1. The van der Waals surface area contributed by atoms with E-state index in [4.69, 9.17) is 9.47 Å². The SMILES string of the molecule is C[C@@H]1CN(c2cc(F)cc(Br)n2)C[C@H](C)O1.C[C@@H]1CN(c2cc(F)cc(Br)n2)C[C@H](C)O1. The van der Waals surface area contributed by atoms with Crippen molar-refractivity contribution < 1.29 is 18.3 Å². The van der Waals surface area contributed by atoms with E-state index in [2.05, 4.69) is 41.8 Å². The molecular formula is C22H28Br2F2N4O2. The van der Waals surface area contributed by atoms with Crippen LogP contribution in [0.5, 0.6) is 0 Å². The second-order valence-corrected chi connectivity index (χ2v) is 9.88. The number of morpholine rings is 2. The Bertz CT molecular complexity index is 789. The van der Waals surface area contributed by atoms with E-state index in [-0.39, 0.29) is 36.1 Å². The summed E-state index contributed by atoms with van der Waals surface area (Å²) in [5, 5.41) is 0. The number of nitrogens with zero attached hydrogens (tertiary/aromatic N) is 4. The molecule has 0 spiro atoms. The Balaban J connectivity index is 0.000000181. The van der Waals surface area contributed by atoms with E-state index < -0.39 is 0 Å². The Morgan fingerprint density at radius 2 is 1.00 bits per heavy atom. The summed E-state index contributed by atoms with van der Waals surface area (Å²) < 4.78 is 38.8. The van der Waals surface area contributed by atoms with Gasteiger partial charge in [0.2, 0.25) is 0 Å². The van der Waals surface area contributed by atoms with Crippen LogP contribution in [0, 0.1) is 11.6 Å². The summed E-state index contributed by atoms with van der Waals surface area (Å²) in [5.41, 5.74) is 0. The van der Waals surface area contributed by atoms with Crippen LogP contribution >= 0.6 is 31.9 Å². The van der Waals surface area contributed by atoms with Gasteiger partial charge in [-0.05, 0) is 59.6 Å². The van der Waals surface area contributed by atoms with Gasteiger partial charge in [-0.2, -0.15) is 0 Å². The van der Waals surface area contributed by atoms with E-state index in [1.54, 1.807) is 0 Å². The number of anilines is 2. The van der Waals surface area contributed by atoms with Crippen LogP contribution in [0.15, 0.2) is 33.5 Å². The molecule has 4 atom stereocenters. The van der Waals surface area contributed by atoms with Gasteiger partial charge in [-0.15, -0.1) is 0 Å². The molecule has 6 nitrogen and oxygen atoms in total. The molecule has 4 heterocycles. The van der Waals surface area contributed by atoms with E-state index >= 15 is 0 Å². The van der Waals surface area contributed by atoms with Gasteiger partial charge in [0.25, 0.3) is 0 Å². The minimum atomic E-state index is -0.274. The Labute approximate surface area is 204 Å². The lowest BCUT2D eigenvalue weighted by molar-refractivity contribution is -0.00574. The molecule has 2 aromatic heterocycles. The largest absolute Gasteiger partial charge is 0.372 e. The van der Waals surface area contributed by atoms with Crippen molar-refractivity contribution in [3.05, 3.63) is 45.1 Å². The molecule has 0 aliphatic carbocycles. The second kappa shape index (κ2) is 11.2. The van der Waals surface area contributed by atoms with Crippen LogP contribution in [0.2, 0.25) is 0 Å². The molecule has 176 valence electrons. The summed E-state index contributed by atoms with van der Waals surface area (Å²) in [7, 11) is 0. The smallest absolute Gasteiger partial charge is 0.132 e. The zero-order valence-corrected chi connectivity index (χ0v) is 21.7. The predicted octanol–water partition coefficient (Wildman–Crippen LogP) is 5.19. The summed E-state index contributed by atoms with van der Waals surface area (Å²) in [6.45, 7) is 11.0. The van der Waals surface area contributed by atoms with Gasteiger partial charge in [0.05, 0.1) is 24.4 Å². The predicted molar refractivity (Wildman–Crippen MR) is 128 cm³/mol. The quantitative estimate of drug-likeness (QED) is 0.458. The average molecular weight is 578 g/mol. The number of ether oxygens (including phenoxy) is 2. The van der Waals surface area contributed by atoms with Crippen molar-refractivity contribution in [1.82, 2.24) is 9.97 Å². The highest BCUT2D eigenvalue weighted by Crippen LogP contribution is 2.23. The molecule has 2 aliphatic rings. The first-order valence-electron chi connectivity index (χ1n) is 10.6. The molecule has 2 aliphatic heterocycles. The number of aromatic nitrogens is 2. The second-order valence-electron chi connectivity index (χ2n) is 8.26. The van der Waals surface area contributed by atoms with E-state index in [1.807, 2.05) is 37.5 Å². The summed E-state index contributed by atoms with van der Waals surface area (Å²) in [6, 6.07) is 5.62. The fourth-order valence-electron chi connectivity index (χ4n) is 3.96. The fourth-order valence-corrected chi connectivity index (χ4v) is 4.76. The van der Waals surface area contributed by atoms with Crippen molar-refractivity contribution in [2.24, 2.45) is 0 Å². The maximum absolute atomic E-state index is 13.2. The van der Waals surface area contributed by atoms with E-state index in [0.717, 1.165) is 26.2 Å². The molecular weight excluding hydrogens is 550 g/mol. The zero-order chi connectivity index (χ0) is 23.4. The number of rotatable bonds is 2. The van der Waals surface area contributed by atoms with Crippen molar-refractivity contribution in [1.29, 1.82) is 0 Å². The van der Waals surface area contributed by atoms with E-state index in [1.165, 1.54) is 24.3 Å². The third-order valence-electron chi connectivity index (χ3n) is 4.98. The van der Waals surface area contributed by atoms with E-state index in [9.17, 15) is 8.78 Å². The van der Waals surface area contributed by atoms with Crippen LogP contribution < -0.4 is 9.80 Å². The Kier molecular flexibility index (Phi) is 8.82. The van der Waals surface area contributed by atoms with Crippen LogP contribution in [0.1, 0.15) is 27.7 Å². The molecule has 0 amide bonds. The monoisotopic (exact) mass is 576 g/mol. The van der Waals surface area contributed by atoms with Crippen molar-refractivity contribution in [3.8, 4) is 0 Å². The van der Waals surface area contributed by atoms with Crippen LogP contribution in [-0.2, 0) is 9.47 Å². The standard InChI is InChI=1S/2C11H14BrFN2O/c2*1-7-5-15(6-8(2)16-7)11-4-9(13)3-10(12)14-11/h2*3-4,7-8H,5-6H2,1-2H3/t2*7-,8+. The molecule has 4 rings (SSSR count). The molecule has 10 heteroatoms. The van der Waals surface area contributed by atoms with Gasteiger partial charge >= 0.3 is 0 Å².